The Kier molecular flexibility index (Phi) is 8.08. The molecule has 10 heteroatoms. The van der Waals surface area contributed by atoms with E-state index in [1.54, 1.807) is 30.3 Å². The Morgan fingerprint density at radius 3 is 2.43 bits per heavy atom. The summed E-state index contributed by atoms with van der Waals surface area (Å²) in [6, 6.07) is 12.3. The zero-order valence-corrected chi connectivity index (χ0v) is 19.3. The molecule has 0 aliphatic carbocycles. The minimum atomic E-state index is -1.13. The molecular weight excluding hydrogens is 459 g/mol. The lowest BCUT2D eigenvalue weighted by Gasteiger charge is -2.27. The number of nitrogens with one attached hydrogen (secondary N) is 1. The molecule has 3 aromatic rings. The SMILES string of the molecule is COc1ccnc(C(=O)N[C@@H](C)C(=O)OC(C)C(Oc2ccccc2)c2ccc(F)cc2O)c1O. The zero-order valence-electron chi connectivity index (χ0n) is 19.3. The molecule has 0 aliphatic rings. The molecule has 9 nitrogen and oxygen atoms in total. The Balaban J connectivity index is 1.75. The van der Waals surface area contributed by atoms with Crippen LogP contribution in [0, 0.1) is 5.82 Å². The second kappa shape index (κ2) is 11.2. The number of pyridine rings is 1. The predicted molar refractivity (Wildman–Crippen MR) is 123 cm³/mol. The molecule has 2 aromatic carbocycles. The number of phenolic OH excluding ortho intramolecular Hbond substituents is 1. The Morgan fingerprint density at radius 1 is 1.06 bits per heavy atom. The van der Waals surface area contributed by atoms with Gasteiger partial charge < -0.3 is 29.7 Å². The second-order valence-electron chi connectivity index (χ2n) is 7.60. The number of benzene rings is 2. The van der Waals surface area contributed by atoms with Gasteiger partial charge in [0.25, 0.3) is 5.91 Å². The molecule has 3 N–H and O–H groups in total. The summed E-state index contributed by atoms with van der Waals surface area (Å²) in [5, 5.41) is 22.8. The van der Waals surface area contributed by atoms with Gasteiger partial charge in [-0.25, -0.2) is 14.2 Å². The molecule has 0 bridgehead atoms. The number of rotatable bonds is 9. The summed E-state index contributed by atoms with van der Waals surface area (Å²) in [6.07, 6.45) is -0.671. The summed E-state index contributed by atoms with van der Waals surface area (Å²) in [4.78, 5) is 29.1. The van der Waals surface area contributed by atoms with Gasteiger partial charge in [-0.15, -0.1) is 0 Å². The second-order valence-corrected chi connectivity index (χ2v) is 7.60. The van der Waals surface area contributed by atoms with Gasteiger partial charge in [-0.1, -0.05) is 18.2 Å². The molecule has 0 aliphatic heterocycles. The Labute approximate surface area is 201 Å². The summed E-state index contributed by atoms with van der Waals surface area (Å²) in [7, 11) is 1.32. The van der Waals surface area contributed by atoms with E-state index in [9.17, 15) is 24.2 Å². The minimum absolute atomic E-state index is 0.0500. The Morgan fingerprint density at radius 2 is 1.77 bits per heavy atom. The maximum atomic E-state index is 13.5. The highest BCUT2D eigenvalue weighted by Crippen LogP contribution is 2.33. The number of methoxy groups -OCH3 is 1. The predicted octanol–water partition coefficient (Wildman–Crippen LogP) is 3.51. The number of hydrogen-bond acceptors (Lipinski definition) is 8. The number of carbonyl (C=O) groups is 2. The average Bonchev–Trinajstić information content (AvgIpc) is 2.83. The third kappa shape index (κ3) is 6.17. The van der Waals surface area contributed by atoms with Gasteiger partial charge in [0.15, 0.2) is 23.3 Å². The molecule has 3 rings (SSSR count). The van der Waals surface area contributed by atoms with Crippen molar-refractivity contribution < 1.29 is 38.4 Å². The third-order valence-corrected chi connectivity index (χ3v) is 5.06. The molecule has 3 atom stereocenters. The molecule has 35 heavy (non-hydrogen) atoms. The molecule has 1 heterocycles. The van der Waals surface area contributed by atoms with Gasteiger partial charge in [0.05, 0.1) is 7.11 Å². The number of nitrogens with zero attached hydrogens (tertiary/aromatic N) is 1. The number of halogens is 1. The third-order valence-electron chi connectivity index (χ3n) is 5.06. The minimum Gasteiger partial charge on any atom is -0.507 e. The fourth-order valence-corrected chi connectivity index (χ4v) is 3.25. The molecule has 0 radical (unpaired) electrons. The number of ether oxygens (including phenoxy) is 3. The van der Waals surface area contributed by atoms with Crippen LogP contribution in [-0.4, -0.2) is 46.3 Å². The van der Waals surface area contributed by atoms with E-state index >= 15 is 0 Å². The van der Waals surface area contributed by atoms with Gasteiger partial charge in [0.1, 0.15) is 29.5 Å². The summed E-state index contributed by atoms with van der Waals surface area (Å²) < 4.78 is 29.9. The summed E-state index contributed by atoms with van der Waals surface area (Å²) in [5.74, 6) is -2.61. The fraction of sp³-hybridized carbons (Fsp3) is 0.240. The molecule has 0 saturated carbocycles. The van der Waals surface area contributed by atoms with Gasteiger partial charge >= 0.3 is 5.97 Å². The van der Waals surface area contributed by atoms with Crippen LogP contribution in [0.25, 0.3) is 0 Å². The van der Waals surface area contributed by atoms with E-state index in [2.05, 4.69) is 10.3 Å². The van der Waals surface area contributed by atoms with Crippen molar-refractivity contribution in [3.05, 3.63) is 77.9 Å². The molecule has 0 saturated heterocycles. The molecular formula is C25H25FN2O7. The van der Waals surface area contributed by atoms with Crippen LogP contribution in [0.3, 0.4) is 0 Å². The van der Waals surface area contributed by atoms with E-state index in [0.29, 0.717) is 5.75 Å². The van der Waals surface area contributed by atoms with Crippen LogP contribution in [-0.2, 0) is 9.53 Å². The molecule has 1 aromatic heterocycles. The van der Waals surface area contributed by atoms with Crippen molar-refractivity contribution >= 4 is 11.9 Å². The van der Waals surface area contributed by atoms with Crippen LogP contribution < -0.4 is 14.8 Å². The van der Waals surface area contributed by atoms with Gasteiger partial charge in [0, 0.05) is 23.9 Å². The van der Waals surface area contributed by atoms with Crippen molar-refractivity contribution in [1.29, 1.82) is 0 Å². The average molecular weight is 484 g/mol. The number of aromatic nitrogens is 1. The van der Waals surface area contributed by atoms with Crippen LogP contribution in [0.4, 0.5) is 4.39 Å². The van der Waals surface area contributed by atoms with Crippen molar-refractivity contribution in [2.75, 3.05) is 7.11 Å². The van der Waals surface area contributed by atoms with E-state index in [1.165, 1.54) is 39.3 Å². The maximum absolute atomic E-state index is 13.5. The van der Waals surface area contributed by atoms with Crippen LogP contribution >= 0.6 is 0 Å². The number of phenols is 1. The van der Waals surface area contributed by atoms with E-state index in [4.69, 9.17) is 14.2 Å². The number of esters is 1. The van der Waals surface area contributed by atoms with Crippen molar-refractivity contribution in [1.82, 2.24) is 10.3 Å². The normalized spacial score (nSPS) is 13.3. The fourth-order valence-electron chi connectivity index (χ4n) is 3.25. The quantitative estimate of drug-likeness (QED) is 0.394. The molecule has 2 unspecified atom stereocenters. The van der Waals surface area contributed by atoms with Crippen LogP contribution in [0.15, 0.2) is 60.8 Å². The number of aromatic hydroxyl groups is 2. The molecule has 184 valence electrons. The molecule has 0 fully saturated rings. The lowest BCUT2D eigenvalue weighted by molar-refractivity contribution is -0.154. The molecule has 0 spiro atoms. The van der Waals surface area contributed by atoms with Crippen LogP contribution in [0.2, 0.25) is 0 Å². The Hall–Kier alpha value is -4.34. The largest absolute Gasteiger partial charge is 0.507 e. The first-order valence-corrected chi connectivity index (χ1v) is 10.6. The number of amides is 1. The zero-order chi connectivity index (χ0) is 25.5. The van der Waals surface area contributed by atoms with Gasteiger partial charge in [-0.3, -0.25) is 4.79 Å². The van der Waals surface area contributed by atoms with Crippen molar-refractivity contribution in [3.63, 3.8) is 0 Å². The number of carbonyl (C=O) groups excluding carboxylic acids is 2. The summed E-state index contributed by atoms with van der Waals surface area (Å²) in [6.45, 7) is 2.94. The summed E-state index contributed by atoms with van der Waals surface area (Å²) in [5.41, 5.74) is -0.115. The standard InChI is InChI=1S/C25H25FN2O7/c1-14(28-24(31)21-22(30)20(33-3)11-12-27-21)25(32)34-15(2)23(35-17-7-5-4-6-8-17)18-10-9-16(26)13-19(18)29/h4-15,23,29-30H,1-3H3,(H,28,31)/t14-,15?,23?/m0/s1. The van der Waals surface area contributed by atoms with E-state index < -0.39 is 41.7 Å². The maximum Gasteiger partial charge on any atom is 0.328 e. The Bertz CT molecular complexity index is 1190. The van der Waals surface area contributed by atoms with Gasteiger partial charge in [-0.05, 0) is 38.1 Å². The topological polar surface area (TPSA) is 127 Å². The highest BCUT2D eigenvalue weighted by Gasteiger charge is 2.30. The van der Waals surface area contributed by atoms with E-state index in [-0.39, 0.29) is 22.8 Å². The highest BCUT2D eigenvalue weighted by molar-refractivity contribution is 5.97. The first-order chi connectivity index (χ1) is 16.7. The van der Waals surface area contributed by atoms with Crippen molar-refractivity contribution in [3.8, 4) is 23.0 Å². The lowest BCUT2D eigenvalue weighted by Crippen LogP contribution is -2.42. The van der Waals surface area contributed by atoms with E-state index in [0.717, 1.165) is 12.1 Å². The van der Waals surface area contributed by atoms with Gasteiger partial charge in [0.2, 0.25) is 0 Å². The lowest BCUT2D eigenvalue weighted by atomic mass is 10.0. The smallest absolute Gasteiger partial charge is 0.328 e. The first kappa shape index (κ1) is 25.3. The van der Waals surface area contributed by atoms with Crippen LogP contribution in [0.5, 0.6) is 23.0 Å². The highest BCUT2D eigenvalue weighted by atomic mass is 19.1. The monoisotopic (exact) mass is 484 g/mol. The van der Waals surface area contributed by atoms with Crippen molar-refractivity contribution in [2.45, 2.75) is 32.1 Å². The molecule has 1 amide bonds. The summed E-state index contributed by atoms with van der Waals surface area (Å²) >= 11 is 0. The number of hydrogen-bond donors (Lipinski definition) is 3. The first-order valence-electron chi connectivity index (χ1n) is 10.6. The van der Waals surface area contributed by atoms with E-state index in [1.807, 2.05) is 0 Å². The number of para-hydroxylation sites is 1. The van der Waals surface area contributed by atoms with Crippen LogP contribution in [0.1, 0.15) is 36.0 Å². The van der Waals surface area contributed by atoms with Crippen molar-refractivity contribution in [2.24, 2.45) is 0 Å². The van der Waals surface area contributed by atoms with Gasteiger partial charge in [-0.2, -0.15) is 0 Å².